The van der Waals surface area contributed by atoms with E-state index in [1.807, 2.05) is 16.8 Å². The van der Waals surface area contributed by atoms with E-state index in [4.69, 9.17) is 0 Å². The summed E-state index contributed by atoms with van der Waals surface area (Å²) in [6, 6.07) is 8.51. The molecule has 1 amide bonds. The largest absolute Gasteiger partial charge is 0.349 e. The maximum absolute atomic E-state index is 13.2. The SMILES string of the molecule is O=C(Cc1ccsc1)NC(c1ccc(F)cc1)C1CCCC1. The summed E-state index contributed by atoms with van der Waals surface area (Å²) in [7, 11) is 0. The Balaban J connectivity index is 1.73. The van der Waals surface area contributed by atoms with Crippen molar-refractivity contribution in [2.45, 2.75) is 38.1 Å². The van der Waals surface area contributed by atoms with Gasteiger partial charge in [0.25, 0.3) is 0 Å². The molecular formula is C18H20FNOS. The molecule has 2 nitrogen and oxygen atoms in total. The number of benzene rings is 1. The molecule has 1 aliphatic rings. The van der Waals surface area contributed by atoms with E-state index in [0.717, 1.165) is 24.0 Å². The number of halogens is 1. The lowest BCUT2D eigenvalue weighted by Crippen LogP contribution is -2.33. The van der Waals surface area contributed by atoms with E-state index in [1.165, 1.54) is 25.0 Å². The fourth-order valence-corrected chi connectivity index (χ4v) is 3.91. The predicted octanol–water partition coefficient (Wildman–Crippen LogP) is 4.48. The number of amides is 1. The highest BCUT2D eigenvalue weighted by Gasteiger charge is 2.27. The van der Waals surface area contributed by atoms with Crippen LogP contribution in [0, 0.1) is 11.7 Å². The van der Waals surface area contributed by atoms with Gasteiger partial charge in [-0.3, -0.25) is 4.79 Å². The molecule has 0 radical (unpaired) electrons. The zero-order valence-corrected chi connectivity index (χ0v) is 13.2. The summed E-state index contributed by atoms with van der Waals surface area (Å²) in [6.07, 6.45) is 5.08. The molecule has 1 unspecified atom stereocenters. The lowest BCUT2D eigenvalue weighted by molar-refractivity contribution is -0.121. The second kappa shape index (κ2) is 7.05. The van der Waals surface area contributed by atoms with Crippen molar-refractivity contribution < 1.29 is 9.18 Å². The standard InChI is InChI=1S/C18H20FNOS/c19-16-7-5-15(6-8-16)18(14-3-1-2-4-14)20-17(21)11-13-9-10-22-12-13/h5-10,12,14,18H,1-4,11H2,(H,20,21). The molecule has 1 heterocycles. The predicted molar refractivity (Wildman–Crippen MR) is 87.3 cm³/mol. The highest BCUT2D eigenvalue weighted by molar-refractivity contribution is 7.07. The van der Waals surface area contributed by atoms with Crippen LogP contribution in [0.15, 0.2) is 41.1 Å². The van der Waals surface area contributed by atoms with Crippen LogP contribution in [-0.4, -0.2) is 5.91 Å². The first-order valence-corrected chi connectivity index (χ1v) is 8.72. The molecule has 4 heteroatoms. The van der Waals surface area contributed by atoms with Crippen LogP contribution in [0.3, 0.4) is 0 Å². The summed E-state index contributed by atoms with van der Waals surface area (Å²) in [5.41, 5.74) is 2.05. The molecule has 1 aliphatic carbocycles. The van der Waals surface area contributed by atoms with Gasteiger partial charge in [0.05, 0.1) is 12.5 Å². The Hall–Kier alpha value is -1.68. The normalized spacial score (nSPS) is 16.6. The van der Waals surface area contributed by atoms with Crippen LogP contribution >= 0.6 is 11.3 Å². The van der Waals surface area contributed by atoms with Crippen LogP contribution in [-0.2, 0) is 11.2 Å². The second-order valence-electron chi connectivity index (χ2n) is 5.95. The maximum atomic E-state index is 13.2. The van der Waals surface area contributed by atoms with Gasteiger partial charge in [0.1, 0.15) is 5.82 Å². The van der Waals surface area contributed by atoms with Gasteiger partial charge >= 0.3 is 0 Å². The minimum Gasteiger partial charge on any atom is -0.349 e. The molecule has 1 N–H and O–H groups in total. The van der Waals surface area contributed by atoms with Crippen molar-refractivity contribution in [1.29, 1.82) is 0 Å². The third-order valence-corrected chi connectivity index (χ3v) is 5.09. The van der Waals surface area contributed by atoms with Crippen LogP contribution in [0.4, 0.5) is 4.39 Å². The average molecular weight is 317 g/mol. The smallest absolute Gasteiger partial charge is 0.224 e. The highest BCUT2D eigenvalue weighted by Crippen LogP contribution is 2.35. The van der Waals surface area contributed by atoms with Gasteiger partial charge < -0.3 is 5.32 Å². The molecule has 22 heavy (non-hydrogen) atoms. The molecule has 3 rings (SSSR count). The summed E-state index contributed by atoms with van der Waals surface area (Å²) in [5.74, 6) is 0.259. The average Bonchev–Trinajstić information content (AvgIpc) is 3.19. The van der Waals surface area contributed by atoms with E-state index in [1.54, 1.807) is 23.5 Å². The van der Waals surface area contributed by atoms with Crippen molar-refractivity contribution in [2.75, 3.05) is 0 Å². The Bertz CT molecular complexity index is 603. The topological polar surface area (TPSA) is 29.1 Å². The van der Waals surface area contributed by atoms with Crippen molar-refractivity contribution in [1.82, 2.24) is 5.32 Å². The first kappa shape index (κ1) is 15.2. The monoisotopic (exact) mass is 317 g/mol. The van der Waals surface area contributed by atoms with Crippen molar-refractivity contribution >= 4 is 17.2 Å². The summed E-state index contributed by atoms with van der Waals surface area (Å²) in [6.45, 7) is 0. The summed E-state index contributed by atoms with van der Waals surface area (Å²) < 4.78 is 13.2. The Kier molecular flexibility index (Phi) is 4.88. The minimum absolute atomic E-state index is 0.00534. The van der Waals surface area contributed by atoms with Crippen LogP contribution in [0.2, 0.25) is 0 Å². The molecule has 1 atom stereocenters. The van der Waals surface area contributed by atoms with E-state index in [0.29, 0.717) is 12.3 Å². The van der Waals surface area contributed by atoms with Crippen LogP contribution < -0.4 is 5.32 Å². The number of rotatable bonds is 5. The minimum atomic E-state index is -0.237. The van der Waals surface area contributed by atoms with Gasteiger partial charge in [0.15, 0.2) is 0 Å². The van der Waals surface area contributed by atoms with Crippen LogP contribution in [0.1, 0.15) is 42.9 Å². The summed E-state index contributed by atoms with van der Waals surface area (Å²) in [4.78, 5) is 12.3. The molecule has 0 bridgehead atoms. The molecule has 2 aromatic rings. The van der Waals surface area contributed by atoms with E-state index in [9.17, 15) is 9.18 Å². The van der Waals surface area contributed by atoms with Crippen molar-refractivity contribution in [2.24, 2.45) is 5.92 Å². The third kappa shape index (κ3) is 3.74. The second-order valence-corrected chi connectivity index (χ2v) is 6.73. The molecule has 1 aromatic heterocycles. The van der Waals surface area contributed by atoms with E-state index in [-0.39, 0.29) is 17.8 Å². The Morgan fingerprint density at radius 3 is 2.59 bits per heavy atom. The maximum Gasteiger partial charge on any atom is 0.224 e. The Morgan fingerprint density at radius 2 is 1.95 bits per heavy atom. The molecule has 1 fully saturated rings. The van der Waals surface area contributed by atoms with Crippen LogP contribution in [0.25, 0.3) is 0 Å². The van der Waals surface area contributed by atoms with Gasteiger partial charge in [-0.15, -0.1) is 0 Å². The lowest BCUT2D eigenvalue weighted by Gasteiger charge is -2.25. The van der Waals surface area contributed by atoms with Gasteiger partial charge in [0, 0.05) is 0 Å². The lowest BCUT2D eigenvalue weighted by atomic mass is 9.91. The molecule has 0 spiro atoms. The molecule has 116 valence electrons. The Morgan fingerprint density at radius 1 is 1.23 bits per heavy atom. The zero-order chi connectivity index (χ0) is 15.4. The van der Waals surface area contributed by atoms with Gasteiger partial charge in [-0.25, -0.2) is 4.39 Å². The fourth-order valence-electron chi connectivity index (χ4n) is 3.24. The van der Waals surface area contributed by atoms with Crippen molar-refractivity contribution in [3.8, 4) is 0 Å². The molecule has 0 aliphatic heterocycles. The number of carbonyl (C=O) groups is 1. The quantitative estimate of drug-likeness (QED) is 0.865. The molecule has 0 saturated heterocycles. The van der Waals surface area contributed by atoms with Gasteiger partial charge in [-0.1, -0.05) is 25.0 Å². The number of carbonyl (C=O) groups excluding carboxylic acids is 1. The molecule has 1 aromatic carbocycles. The number of hydrogen-bond acceptors (Lipinski definition) is 2. The zero-order valence-electron chi connectivity index (χ0n) is 12.4. The third-order valence-electron chi connectivity index (χ3n) is 4.36. The number of nitrogens with one attached hydrogen (secondary N) is 1. The van der Waals surface area contributed by atoms with E-state index in [2.05, 4.69) is 5.32 Å². The summed E-state index contributed by atoms with van der Waals surface area (Å²) >= 11 is 1.60. The first-order valence-electron chi connectivity index (χ1n) is 7.78. The number of hydrogen-bond donors (Lipinski definition) is 1. The fraction of sp³-hybridized carbons (Fsp3) is 0.389. The molecule has 1 saturated carbocycles. The Labute approximate surface area is 134 Å². The van der Waals surface area contributed by atoms with Crippen molar-refractivity contribution in [3.63, 3.8) is 0 Å². The van der Waals surface area contributed by atoms with Gasteiger partial charge in [0.2, 0.25) is 5.91 Å². The molecular weight excluding hydrogens is 297 g/mol. The summed E-state index contributed by atoms with van der Waals surface area (Å²) in [5, 5.41) is 7.16. The van der Waals surface area contributed by atoms with E-state index < -0.39 is 0 Å². The van der Waals surface area contributed by atoms with E-state index >= 15 is 0 Å². The van der Waals surface area contributed by atoms with Gasteiger partial charge in [-0.2, -0.15) is 11.3 Å². The highest BCUT2D eigenvalue weighted by atomic mass is 32.1. The van der Waals surface area contributed by atoms with Crippen molar-refractivity contribution in [3.05, 3.63) is 58.0 Å². The number of thiophene rings is 1. The van der Waals surface area contributed by atoms with Gasteiger partial charge in [-0.05, 0) is 58.8 Å². The van der Waals surface area contributed by atoms with Crippen LogP contribution in [0.5, 0.6) is 0 Å². The first-order chi connectivity index (χ1) is 10.7.